The minimum atomic E-state index is -0.703. The fraction of sp³-hybridized carbons (Fsp3) is 0.0909. The third-order valence-electron chi connectivity index (χ3n) is 11.7. The zero-order valence-electron chi connectivity index (χ0n) is 34.4. The van der Waals surface area contributed by atoms with Gasteiger partial charge in [-0.05, 0) is 96.8 Å². The van der Waals surface area contributed by atoms with Crippen LogP contribution in [-0.2, 0) is 10.2 Å². The Morgan fingerprint density at radius 1 is 0.452 bits per heavy atom. The molecule has 10 rings (SSSR count). The molecule has 1 aliphatic heterocycles. The van der Waals surface area contributed by atoms with Gasteiger partial charge in [0.25, 0.3) is 0 Å². The van der Waals surface area contributed by atoms with Crippen LogP contribution < -0.4 is 0 Å². The molecule has 0 amide bonds. The molecule has 1 fully saturated rings. The molecule has 0 saturated carbocycles. The van der Waals surface area contributed by atoms with E-state index in [4.69, 9.17) is 24.7 Å². The van der Waals surface area contributed by atoms with Gasteiger partial charge in [-0.15, -0.1) is 0 Å². The Bertz CT molecular complexity index is 2730. The number of ether oxygens (including phenoxy) is 1. The summed E-state index contributed by atoms with van der Waals surface area (Å²) in [6.07, 6.45) is 16.4. The van der Waals surface area contributed by atoms with Crippen molar-refractivity contribution < 1.29 is 4.74 Å². The number of nitrogens with zero attached hydrogens (tertiary/aromatic N) is 6. The molecule has 2 aliphatic rings. The van der Waals surface area contributed by atoms with Gasteiger partial charge in [0.15, 0.2) is 17.5 Å². The second kappa shape index (κ2) is 16.6. The molecule has 62 heavy (non-hydrogen) atoms. The van der Waals surface area contributed by atoms with Crippen molar-refractivity contribution in [3.8, 4) is 68.1 Å². The lowest BCUT2D eigenvalue weighted by Crippen LogP contribution is -2.49. The molecule has 7 heteroatoms. The Labute approximate surface area is 361 Å². The normalized spacial score (nSPS) is 19.3. The quantitative estimate of drug-likeness (QED) is 0.151. The SMILES string of the molecule is CC=C1/C(=C\C)OC2C=CC=CC2C1(c1cccc(-c2cc(-c3ccccn3)nc(-c3ccccn3)c2)c1)c1cccc(-c2nc(-c3ccccc3)nc(-c3ccccc3)n2)c1. The lowest BCUT2D eigenvalue weighted by atomic mass is 9.57. The van der Waals surface area contributed by atoms with Crippen molar-refractivity contribution in [2.24, 2.45) is 5.92 Å². The van der Waals surface area contributed by atoms with E-state index in [2.05, 4.69) is 121 Å². The van der Waals surface area contributed by atoms with Crippen LogP contribution >= 0.6 is 0 Å². The fourth-order valence-electron chi connectivity index (χ4n) is 8.90. The van der Waals surface area contributed by atoms with Gasteiger partial charge in [0.2, 0.25) is 0 Å². The van der Waals surface area contributed by atoms with E-state index < -0.39 is 5.41 Å². The van der Waals surface area contributed by atoms with Crippen molar-refractivity contribution in [2.45, 2.75) is 25.4 Å². The Hall–Kier alpha value is -7.90. The summed E-state index contributed by atoms with van der Waals surface area (Å²) in [5, 5.41) is 0. The summed E-state index contributed by atoms with van der Waals surface area (Å²) in [5.41, 5.74) is 10.5. The van der Waals surface area contributed by atoms with E-state index in [9.17, 15) is 0 Å². The zero-order valence-corrected chi connectivity index (χ0v) is 34.4. The average molecular weight is 803 g/mol. The molecule has 0 spiro atoms. The van der Waals surface area contributed by atoms with Crippen molar-refractivity contribution in [3.05, 3.63) is 229 Å². The lowest BCUT2D eigenvalue weighted by Gasteiger charge is -2.50. The minimum absolute atomic E-state index is 0.100. The second-order valence-corrected chi connectivity index (χ2v) is 15.3. The molecular formula is C55H42N6O. The van der Waals surface area contributed by atoms with E-state index in [-0.39, 0.29) is 12.0 Å². The van der Waals surface area contributed by atoms with Gasteiger partial charge in [0.05, 0.1) is 28.2 Å². The van der Waals surface area contributed by atoms with Crippen LogP contribution in [0.5, 0.6) is 0 Å². The fourth-order valence-corrected chi connectivity index (χ4v) is 8.90. The van der Waals surface area contributed by atoms with Crippen molar-refractivity contribution in [3.63, 3.8) is 0 Å². The molecule has 7 nitrogen and oxygen atoms in total. The van der Waals surface area contributed by atoms with Crippen LogP contribution in [0, 0.1) is 5.92 Å². The smallest absolute Gasteiger partial charge is 0.164 e. The summed E-state index contributed by atoms with van der Waals surface area (Å²) in [6, 6.07) is 53.9. The highest BCUT2D eigenvalue weighted by Gasteiger charge is 2.52. The van der Waals surface area contributed by atoms with Gasteiger partial charge >= 0.3 is 0 Å². The number of allylic oxidation sites excluding steroid dienone is 5. The van der Waals surface area contributed by atoms with Crippen LogP contribution in [0.1, 0.15) is 25.0 Å². The number of pyridine rings is 3. The Kier molecular flexibility index (Phi) is 10.3. The van der Waals surface area contributed by atoms with Crippen molar-refractivity contribution in [2.75, 3.05) is 0 Å². The standard InChI is InChI=1S/C55H42N6O/c1-3-44-50(4-2)62-51-30-12-11-27-45(51)55(44,42-25-17-23-39(33-42)41-35-48(46-28-13-15-31-56-46)58-49(36-41)47-29-14-16-32-57-47)43-26-18-24-40(34-43)54-60-52(37-19-7-5-8-20-37)59-53(61-54)38-21-9-6-10-22-38/h3-36,45,51H,1-2H3/b44-3?,50-4+. The molecule has 1 aliphatic carbocycles. The predicted octanol–water partition coefficient (Wildman–Crippen LogP) is 12.3. The second-order valence-electron chi connectivity index (χ2n) is 15.3. The van der Waals surface area contributed by atoms with E-state index in [1.54, 1.807) is 12.4 Å². The third-order valence-corrected chi connectivity index (χ3v) is 11.7. The van der Waals surface area contributed by atoms with Gasteiger partial charge in [-0.3, -0.25) is 9.97 Å². The highest BCUT2D eigenvalue weighted by Crippen LogP contribution is 2.55. The average Bonchev–Trinajstić information content (AvgIpc) is 3.36. The highest BCUT2D eigenvalue weighted by molar-refractivity contribution is 5.76. The predicted molar refractivity (Wildman–Crippen MR) is 247 cm³/mol. The summed E-state index contributed by atoms with van der Waals surface area (Å²) in [6.45, 7) is 4.16. The van der Waals surface area contributed by atoms with Crippen LogP contribution in [0.25, 0.3) is 68.1 Å². The van der Waals surface area contributed by atoms with Gasteiger partial charge in [-0.1, -0.05) is 133 Å². The molecule has 3 atom stereocenters. The van der Waals surface area contributed by atoms with Crippen LogP contribution in [0.15, 0.2) is 218 Å². The maximum atomic E-state index is 6.83. The lowest BCUT2D eigenvalue weighted by molar-refractivity contribution is 0.0684. The summed E-state index contributed by atoms with van der Waals surface area (Å²) in [4.78, 5) is 29.7. The first kappa shape index (κ1) is 38.3. The summed E-state index contributed by atoms with van der Waals surface area (Å²) in [7, 11) is 0. The molecule has 3 unspecified atom stereocenters. The van der Waals surface area contributed by atoms with E-state index >= 15 is 0 Å². The van der Waals surface area contributed by atoms with Crippen molar-refractivity contribution in [1.29, 1.82) is 0 Å². The van der Waals surface area contributed by atoms with Gasteiger partial charge in [-0.25, -0.2) is 19.9 Å². The summed E-state index contributed by atoms with van der Waals surface area (Å²) in [5.74, 6) is 2.58. The van der Waals surface area contributed by atoms with E-state index in [1.807, 2.05) is 97.1 Å². The van der Waals surface area contributed by atoms with Crippen LogP contribution in [0.3, 0.4) is 0 Å². The number of hydrogen-bond donors (Lipinski definition) is 0. The number of fused-ring (bicyclic) bond motifs is 1. The molecule has 4 aromatic carbocycles. The Balaban J connectivity index is 1.20. The first-order valence-electron chi connectivity index (χ1n) is 20.9. The van der Waals surface area contributed by atoms with Crippen molar-refractivity contribution >= 4 is 0 Å². The number of hydrogen-bond acceptors (Lipinski definition) is 7. The largest absolute Gasteiger partial charge is 0.486 e. The molecule has 8 aromatic rings. The highest BCUT2D eigenvalue weighted by atomic mass is 16.5. The van der Waals surface area contributed by atoms with Gasteiger partial charge < -0.3 is 4.74 Å². The van der Waals surface area contributed by atoms with Crippen LogP contribution in [0.4, 0.5) is 0 Å². The Morgan fingerprint density at radius 2 is 0.968 bits per heavy atom. The topological polar surface area (TPSA) is 86.6 Å². The van der Waals surface area contributed by atoms with Gasteiger partial charge in [-0.2, -0.15) is 0 Å². The number of rotatable bonds is 8. The number of benzene rings is 4. The molecular weight excluding hydrogens is 761 g/mol. The van der Waals surface area contributed by atoms with E-state index in [0.717, 1.165) is 73.1 Å². The first-order valence-corrected chi connectivity index (χ1v) is 20.9. The number of aromatic nitrogens is 6. The molecule has 0 bridgehead atoms. The van der Waals surface area contributed by atoms with Gasteiger partial charge in [0, 0.05) is 40.6 Å². The molecule has 0 radical (unpaired) electrons. The van der Waals surface area contributed by atoms with Crippen molar-refractivity contribution in [1.82, 2.24) is 29.9 Å². The van der Waals surface area contributed by atoms with Gasteiger partial charge in [0.1, 0.15) is 11.9 Å². The van der Waals surface area contributed by atoms with E-state index in [0.29, 0.717) is 17.5 Å². The molecule has 5 heterocycles. The molecule has 0 N–H and O–H groups in total. The Morgan fingerprint density at radius 3 is 1.52 bits per heavy atom. The molecule has 298 valence electrons. The first-order chi connectivity index (χ1) is 30.6. The summed E-state index contributed by atoms with van der Waals surface area (Å²) >= 11 is 0. The summed E-state index contributed by atoms with van der Waals surface area (Å²) < 4.78 is 6.83. The molecule has 4 aromatic heterocycles. The zero-order chi connectivity index (χ0) is 41.9. The van der Waals surface area contributed by atoms with Crippen LogP contribution in [-0.4, -0.2) is 36.0 Å². The maximum absolute atomic E-state index is 6.83. The maximum Gasteiger partial charge on any atom is 0.164 e. The monoisotopic (exact) mass is 802 g/mol. The van der Waals surface area contributed by atoms with Crippen LogP contribution in [0.2, 0.25) is 0 Å². The van der Waals surface area contributed by atoms with E-state index in [1.165, 1.54) is 0 Å². The third kappa shape index (κ3) is 7.03. The molecule has 1 saturated heterocycles. The minimum Gasteiger partial charge on any atom is -0.486 e.